The lowest BCUT2D eigenvalue weighted by Crippen LogP contribution is -2.29. The second-order valence-corrected chi connectivity index (χ2v) is 7.71. The van der Waals surface area contributed by atoms with Crippen LogP contribution >= 0.6 is 0 Å². The number of imidazole rings is 1. The molecule has 1 aromatic carbocycles. The van der Waals surface area contributed by atoms with E-state index in [4.69, 9.17) is 5.11 Å². The van der Waals surface area contributed by atoms with Crippen molar-refractivity contribution in [1.82, 2.24) is 19.5 Å². The zero-order valence-corrected chi connectivity index (χ0v) is 15.1. The van der Waals surface area contributed by atoms with Gasteiger partial charge in [-0.1, -0.05) is 24.3 Å². The molecule has 2 N–H and O–H groups in total. The van der Waals surface area contributed by atoms with Crippen molar-refractivity contribution >= 4 is 17.0 Å². The van der Waals surface area contributed by atoms with E-state index in [0.717, 1.165) is 37.3 Å². The van der Waals surface area contributed by atoms with Gasteiger partial charge < -0.3 is 19.7 Å². The monoisotopic (exact) mass is 365 g/mol. The van der Waals surface area contributed by atoms with Crippen LogP contribution in [0.2, 0.25) is 0 Å². The molecule has 0 radical (unpaired) electrons. The molecule has 27 heavy (non-hydrogen) atoms. The Balaban J connectivity index is 1.47. The fourth-order valence-electron chi connectivity index (χ4n) is 4.76. The maximum absolute atomic E-state index is 9.75. The van der Waals surface area contributed by atoms with Crippen molar-refractivity contribution in [2.24, 2.45) is 0 Å². The van der Waals surface area contributed by atoms with Gasteiger partial charge in [0, 0.05) is 18.5 Å². The third kappa shape index (κ3) is 2.61. The molecule has 1 saturated heterocycles. The van der Waals surface area contributed by atoms with E-state index in [0.29, 0.717) is 5.65 Å². The van der Waals surface area contributed by atoms with Crippen LogP contribution < -0.4 is 4.90 Å². The first-order valence-electron chi connectivity index (χ1n) is 9.48. The molecule has 2 atom stereocenters. The summed E-state index contributed by atoms with van der Waals surface area (Å²) in [5, 5.41) is 18.9. The number of aryl methyl sites for hydroxylation is 1. The van der Waals surface area contributed by atoms with E-state index in [1.165, 1.54) is 17.5 Å². The molecule has 1 aliphatic carbocycles. The van der Waals surface area contributed by atoms with E-state index in [-0.39, 0.29) is 18.6 Å². The van der Waals surface area contributed by atoms with Crippen LogP contribution in [0, 0.1) is 0 Å². The van der Waals surface area contributed by atoms with E-state index in [2.05, 4.69) is 44.1 Å². The lowest BCUT2D eigenvalue weighted by atomic mass is 9.81. The minimum Gasteiger partial charge on any atom is -0.394 e. The zero-order chi connectivity index (χ0) is 18.4. The highest BCUT2D eigenvalue weighted by Crippen LogP contribution is 2.46. The standard InChI is InChI=1S/C20H23N5O2/c26-10-15(27)9-25-13-23-17-18(21-12-22-19(17)25)24-8-7-20(11-24)6-5-14-3-1-2-4-16(14)20/h1-4,12-13,15,26-27H,5-11H2/t15-,20?/m0/s1. The van der Waals surface area contributed by atoms with Gasteiger partial charge >= 0.3 is 0 Å². The van der Waals surface area contributed by atoms with Crippen LogP contribution in [0.3, 0.4) is 0 Å². The molecule has 0 amide bonds. The highest BCUT2D eigenvalue weighted by Gasteiger charge is 2.44. The normalized spacial score (nSPS) is 22.7. The average Bonchev–Trinajstić information content (AvgIpc) is 3.41. The molecule has 1 aliphatic heterocycles. The van der Waals surface area contributed by atoms with Gasteiger partial charge in [-0.2, -0.15) is 0 Å². The molecule has 0 bridgehead atoms. The van der Waals surface area contributed by atoms with Crippen LogP contribution in [0.5, 0.6) is 0 Å². The number of hydrogen-bond donors (Lipinski definition) is 2. The summed E-state index contributed by atoms with van der Waals surface area (Å²) in [5.74, 6) is 0.860. The number of nitrogens with zero attached hydrogens (tertiary/aromatic N) is 5. The van der Waals surface area contributed by atoms with Gasteiger partial charge in [0.05, 0.1) is 25.6 Å². The van der Waals surface area contributed by atoms with E-state index >= 15 is 0 Å². The molecule has 5 rings (SSSR count). The predicted molar refractivity (Wildman–Crippen MR) is 102 cm³/mol. The van der Waals surface area contributed by atoms with Gasteiger partial charge in [0.1, 0.15) is 6.33 Å². The summed E-state index contributed by atoms with van der Waals surface area (Å²) in [6, 6.07) is 8.81. The second-order valence-electron chi connectivity index (χ2n) is 7.71. The van der Waals surface area contributed by atoms with E-state index in [9.17, 15) is 5.11 Å². The molecule has 7 nitrogen and oxygen atoms in total. The number of aromatic nitrogens is 4. The van der Waals surface area contributed by atoms with Crippen LogP contribution in [0.15, 0.2) is 36.9 Å². The van der Waals surface area contributed by atoms with Gasteiger partial charge in [0.25, 0.3) is 0 Å². The van der Waals surface area contributed by atoms with E-state index in [1.54, 1.807) is 17.2 Å². The van der Waals surface area contributed by atoms with Crippen molar-refractivity contribution in [2.45, 2.75) is 37.3 Å². The first-order valence-corrected chi connectivity index (χ1v) is 9.48. The second kappa shape index (κ2) is 6.28. The Hall–Kier alpha value is -2.51. The zero-order valence-electron chi connectivity index (χ0n) is 15.1. The summed E-state index contributed by atoms with van der Waals surface area (Å²) in [6.45, 7) is 1.88. The molecule has 1 unspecified atom stereocenters. The van der Waals surface area contributed by atoms with Gasteiger partial charge in [-0.3, -0.25) is 0 Å². The quantitative estimate of drug-likeness (QED) is 0.724. The molecule has 2 aliphatic rings. The fraction of sp³-hybridized carbons (Fsp3) is 0.450. The van der Waals surface area contributed by atoms with Crippen LogP contribution in [-0.4, -0.2) is 55.5 Å². The number of rotatable bonds is 4. The Morgan fingerprint density at radius 2 is 2.04 bits per heavy atom. The van der Waals surface area contributed by atoms with Crippen molar-refractivity contribution in [3.8, 4) is 0 Å². The maximum Gasteiger partial charge on any atom is 0.165 e. The van der Waals surface area contributed by atoms with Gasteiger partial charge in [-0.15, -0.1) is 0 Å². The van der Waals surface area contributed by atoms with Gasteiger partial charge in [0.15, 0.2) is 17.0 Å². The highest BCUT2D eigenvalue weighted by molar-refractivity contribution is 5.83. The summed E-state index contributed by atoms with van der Waals surface area (Å²) >= 11 is 0. The highest BCUT2D eigenvalue weighted by atomic mass is 16.3. The summed E-state index contributed by atoms with van der Waals surface area (Å²) in [6.07, 6.45) is 5.86. The van der Waals surface area contributed by atoms with Crippen LogP contribution in [0.25, 0.3) is 11.2 Å². The van der Waals surface area contributed by atoms with Crippen molar-refractivity contribution in [2.75, 3.05) is 24.6 Å². The topological polar surface area (TPSA) is 87.3 Å². The van der Waals surface area contributed by atoms with Crippen molar-refractivity contribution in [3.05, 3.63) is 48.0 Å². The first-order chi connectivity index (χ1) is 13.2. The SMILES string of the molecule is OC[C@@H](O)Cn1cnc2c(N3CCC4(CCc5ccccc54)C3)ncnc21. The molecule has 1 fully saturated rings. The third-order valence-corrected chi connectivity index (χ3v) is 6.12. The summed E-state index contributed by atoms with van der Waals surface area (Å²) in [5.41, 5.74) is 4.64. The minimum atomic E-state index is -0.828. The summed E-state index contributed by atoms with van der Waals surface area (Å²) < 4.78 is 1.78. The average molecular weight is 365 g/mol. The summed E-state index contributed by atoms with van der Waals surface area (Å²) in [4.78, 5) is 15.7. The fourth-order valence-corrected chi connectivity index (χ4v) is 4.76. The third-order valence-electron chi connectivity index (χ3n) is 6.12. The largest absolute Gasteiger partial charge is 0.394 e. The van der Waals surface area contributed by atoms with E-state index < -0.39 is 6.10 Å². The molecule has 2 aromatic heterocycles. The van der Waals surface area contributed by atoms with Gasteiger partial charge in [-0.05, 0) is 30.4 Å². The number of aliphatic hydroxyl groups is 2. The number of fused-ring (bicyclic) bond motifs is 3. The first kappa shape index (κ1) is 16.6. The number of aliphatic hydroxyl groups excluding tert-OH is 2. The van der Waals surface area contributed by atoms with Crippen molar-refractivity contribution < 1.29 is 10.2 Å². The smallest absolute Gasteiger partial charge is 0.165 e. The Labute approximate surface area is 157 Å². The van der Waals surface area contributed by atoms with Crippen LogP contribution in [0.4, 0.5) is 5.82 Å². The summed E-state index contributed by atoms with van der Waals surface area (Å²) in [7, 11) is 0. The molecule has 7 heteroatoms. The number of hydrogen-bond acceptors (Lipinski definition) is 6. The molecule has 1 spiro atoms. The number of benzene rings is 1. The lowest BCUT2D eigenvalue weighted by molar-refractivity contribution is 0.0820. The lowest BCUT2D eigenvalue weighted by Gasteiger charge is -2.26. The van der Waals surface area contributed by atoms with Crippen molar-refractivity contribution in [1.29, 1.82) is 0 Å². The molecular weight excluding hydrogens is 342 g/mol. The predicted octanol–water partition coefficient (Wildman–Crippen LogP) is 1.27. The maximum atomic E-state index is 9.75. The van der Waals surface area contributed by atoms with Gasteiger partial charge in [-0.25, -0.2) is 15.0 Å². The Morgan fingerprint density at radius 3 is 2.93 bits per heavy atom. The molecule has 3 aromatic rings. The van der Waals surface area contributed by atoms with Gasteiger partial charge in [0.2, 0.25) is 0 Å². The Bertz CT molecular complexity index is 987. The van der Waals surface area contributed by atoms with Crippen LogP contribution in [-0.2, 0) is 18.4 Å². The van der Waals surface area contributed by atoms with E-state index in [1.807, 2.05) is 0 Å². The minimum absolute atomic E-state index is 0.212. The Morgan fingerprint density at radius 1 is 1.15 bits per heavy atom. The van der Waals surface area contributed by atoms with Crippen molar-refractivity contribution in [3.63, 3.8) is 0 Å². The molecular formula is C20H23N5O2. The molecule has 0 saturated carbocycles. The van der Waals surface area contributed by atoms with Crippen LogP contribution in [0.1, 0.15) is 24.0 Å². The number of anilines is 1. The molecule has 3 heterocycles. The Kier molecular flexibility index (Phi) is 3.87. The molecule has 140 valence electrons.